The molecule has 0 radical (unpaired) electrons. The van der Waals surface area contributed by atoms with E-state index in [1.165, 1.54) is 6.33 Å². The van der Waals surface area contributed by atoms with Crippen molar-refractivity contribution >= 4 is 28.6 Å². The number of halogens is 1. The maximum atomic E-state index is 12.4. The second kappa shape index (κ2) is 8.05. The third kappa shape index (κ3) is 4.05. The molecule has 3 rings (SSSR count). The first kappa shape index (κ1) is 18.0. The molecule has 0 aliphatic rings. The lowest BCUT2D eigenvalue weighted by Gasteiger charge is -2.07. The Labute approximate surface area is 154 Å². The zero-order chi connectivity index (χ0) is 18.5. The van der Waals surface area contributed by atoms with Crippen LogP contribution in [0.4, 0.5) is 0 Å². The summed E-state index contributed by atoms with van der Waals surface area (Å²) < 4.78 is 11.0. The van der Waals surface area contributed by atoms with Crippen LogP contribution in [0.1, 0.15) is 29.0 Å². The summed E-state index contributed by atoms with van der Waals surface area (Å²) in [5.41, 5.74) is -0.00658. The molecule has 0 spiro atoms. The highest BCUT2D eigenvalue weighted by Gasteiger charge is 2.21. The highest BCUT2D eigenvalue weighted by Crippen LogP contribution is 2.20. The number of carbonyl (C=O) groups is 1. The topological polar surface area (TPSA) is 97.2 Å². The highest BCUT2D eigenvalue weighted by atomic mass is 35.5. The number of amides is 1. The lowest BCUT2D eigenvalue weighted by atomic mass is 10.2. The van der Waals surface area contributed by atoms with E-state index in [1.54, 1.807) is 19.1 Å². The molecule has 7 nitrogen and oxygen atoms in total. The van der Waals surface area contributed by atoms with Crippen molar-refractivity contribution in [1.82, 2.24) is 15.3 Å². The van der Waals surface area contributed by atoms with Crippen molar-refractivity contribution in [2.24, 2.45) is 0 Å². The molecule has 0 bridgehead atoms. The Balaban J connectivity index is 1.48. The summed E-state index contributed by atoms with van der Waals surface area (Å²) >= 11 is 5.82. The van der Waals surface area contributed by atoms with E-state index in [2.05, 4.69) is 15.3 Å². The number of carbonyl (C=O) groups excluding carboxylic acids is 1. The monoisotopic (exact) mass is 375 g/mol. The van der Waals surface area contributed by atoms with Gasteiger partial charge in [0.1, 0.15) is 16.9 Å². The van der Waals surface area contributed by atoms with Gasteiger partial charge in [0.05, 0.1) is 18.5 Å². The Morgan fingerprint density at radius 3 is 2.85 bits per heavy atom. The van der Waals surface area contributed by atoms with Gasteiger partial charge in [-0.25, -0.2) is 4.98 Å². The minimum atomic E-state index is -0.395. The quantitative estimate of drug-likeness (QED) is 0.618. The molecule has 0 aliphatic carbocycles. The summed E-state index contributed by atoms with van der Waals surface area (Å²) in [4.78, 5) is 30.7. The molecule has 136 valence electrons. The molecule has 26 heavy (non-hydrogen) atoms. The molecule has 2 heterocycles. The van der Waals surface area contributed by atoms with Gasteiger partial charge in [0.2, 0.25) is 5.71 Å². The van der Waals surface area contributed by atoms with Gasteiger partial charge in [-0.2, -0.15) is 0 Å². The summed E-state index contributed by atoms with van der Waals surface area (Å²) in [6.07, 6.45) is 2.76. The van der Waals surface area contributed by atoms with Gasteiger partial charge in [-0.1, -0.05) is 11.6 Å². The fourth-order valence-electron chi connectivity index (χ4n) is 2.56. The van der Waals surface area contributed by atoms with Crippen molar-refractivity contribution in [3.8, 4) is 5.75 Å². The number of hydrogen-bond donors (Lipinski definition) is 2. The fraction of sp³-hybridized carbons (Fsp3) is 0.278. The molecule has 1 aromatic carbocycles. The molecule has 0 fully saturated rings. The molecule has 3 aromatic rings. The van der Waals surface area contributed by atoms with Crippen molar-refractivity contribution in [2.75, 3.05) is 13.2 Å². The Morgan fingerprint density at radius 1 is 1.31 bits per heavy atom. The van der Waals surface area contributed by atoms with Gasteiger partial charge in [-0.05, 0) is 44.0 Å². The van der Waals surface area contributed by atoms with Crippen LogP contribution in [0.15, 0.2) is 39.8 Å². The first-order valence-corrected chi connectivity index (χ1v) is 8.57. The van der Waals surface area contributed by atoms with E-state index in [9.17, 15) is 9.59 Å². The Kier molecular flexibility index (Phi) is 5.58. The largest absolute Gasteiger partial charge is 0.494 e. The Bertz CT molecular complexity index is 963. The number of rotatable bonds is 7. The molecule has 0 atom stereocenters. The van der Waals surface area contributed by atoms with Crippen molar-refractivity contribution in [1.29, 1.82) is 0 Å². The Hall–Kier alpha value is -2.80. The molecule has 0 saturated heterocycles. The number of aromatic amines is 1. The number of hydrogen-bond acceptors (Lipinski definition) is 5. The molecule has 2 N–H and O–H groups in total. The van der Waals surface area contributed by atoms with Crippen LogP contribution in [0.5, 0.6) is 5.75 Å². The first-order chi connectivity index (χ1) is 12.6. The van der Waals surface area contributed by atoms with E-state index in [0.717, 1.165) is 18.6 Å². The molecular formula is C18H18ClN3O4. The van der Waals surface area contributed by atoms with Gasteiger partial charge >= 0.3 is 0 Å². The molecular weight excluding hydrogens is 358 g/mol. The predicted molar refractivity (Wildman–Crippen MR) is 97.9 cm³/mol. The predicted octanol–water partition coefficient (Wildman–Crippen LogP) is 3.07. The number of aromatic nitrogens is 2. The standard InChI is InChI=1S/C18H18ClN3O4/c1-11-14(15-17(24)21-10-22-18(15)26-11)16(23)20-8-2-3-9-25-13-6-4-12(19)5-7-13/h4-7,10H,2-3,8-9H2,1H3,(H,20,23)(H,21,22,24). The van der Waals surface area contributed by atoms with Gasteiger partial charge in [-0.3, -0.25) is 9.59 Å². The van der Waals surface area contributed by atoms with Crippen molar-refractivity contribution in [3.63, 3.8) is 0 Å². The van der Waals surface area contributed by atoms with E-state index in [4.69, 9.17) is 20.8 Å². The summed E-state index contributed by atoms with van der Waals surface area (Å²) in [5.74, 6) is 0.775. The van der Waals surface area contributed by atoms with Crippen molar-refractivity contribution < 1.29 is 13.9 Å². The third-order valence-corrected chi connectivity index (χ3v) is 4.09. The normalized spacial score (nSPS) is 10.8. The number of ether oxygens (including phenoxy) is 1. The van der Waals surface area contributed by atoms with E-state index >= 15 is 0 Å². The number of benzene rings is 1. The third-order valence-electron chi connectivity index (χ3n) is 3.84. The van der Waals surface area contributed by atoms with Crippen molar-refractivity contribution in [2.45, 2.75) is 19.8 Å². The average molecular weight is 376 g/mol. The van der Waals surface area contributed by atoms with Gasteiger partial charge in [0.25, 0.3) is 11.5 Å². The van der Waals surface area contributed by atoms with E-state index < -0.39 is 5.56 Å². The first-order valence-electron chi connectivity index (χ1n) is 8.19. The van der Waals surface area contributed by atoms with Crippen LogP contribution in [0.2, 0.25) is 5.02 Å². The van der Waals surface area contributed by atoms with Crippen LogP contribution in [0, 0.1) is 6.92 Å². The zero-order valence-corrected chi connectivity index (χ0v) is 14.9. The molecule has 2 aromatic heterocycles. The zero-order valence-electron chi connectivity index (χ0n) is 14.2. The minimum absolute atomic E-state index is 0.160. The average Bonchev–Trinajstić information content (AvgIpc) is 2.96. The number of H-pyrrole nitrogens is 1. The van der Waals surface area contributed by atoms with Gasteiger partial charge in [0, 0.05) is 11.6 Å². The maximum Gasteiger partial charge on any atom is 0.262 e. The van der Waals surface area contributed by atoms with Crippen LogP contribution in [0.25, 0.3) is 11.1 Å². The van der Waals surface area contributed by atoms with Gasteiger partial charge in [0.15, 0.2) is 0 Å². The summed E-state index contributed by atoms with van der Waals surface area (Å²) in [5, 5.41) is 3.64. The van der Waals surface area contributed by atoms with Crippen molar-refractivity contribution in [3.05, 3.63) is 57.3 Å². The fourth-order valence-corrected chi connectivity index (χ4v) is 2.69. The number of aryl methyl sites for hydroxylation is 1. The minimum Gasteiger partial charge on any atom is -0.494 e. The van der Waals surface area contributed by atoms with Gasteiger partial charge in [-0.15, -0.1) is 0 Å². The SMILES string of the molecule is Cc1oc2nc[nH]c(=O)c2c1C(=O)NCCCCOc1ccc(Cl)cc1. The van der Waals surface area contributed by atoms with E-state index in [0.29, 0.717) is 23.9 Å². The number of unbranched alkanes of at least 4 members (excludes halogenated alkanes) is 1. The Morgan fingerprint density at radius 2 is 2.08 bits per heavy atom. The van der Waals surface area contributed by atoms with Crippen LogP contribution in [0.3, 0.4) is 0 Å². The number of nitrogens with one attached hydrogen (secondary N) is 2. The number of furan rings is 1. The second-order valence-electron chi connectivity index (χ2n) is 5.71. The highest BCUT2D eigenvalue weighted by molar-refractivity contribution is 6.30. The van der Waals surface area contributed by atoms with E-state index in [-0.39, 0.29) is 22.6 Å². The summed E-state index contributed by atoms with van der Waals surface area (Å²) in [6, 6.07) is 7.15. The lowest BCUT2D eigenvalue weighted by Crippen LogP contribution is -2.26. The van der Waals surface area contributed by atoms with Crippen LogP contribution >= 0.6 is 11.6 Å². The molecule has 8 heteroatoms. The molecule has 0 aliphatic heterocycles. The number of fused-ring (bicyclic) bond motifs is 1. The van der Waals surface area contributed by atoms with Crippen LogP contribution < -0.4 is 15.6 Å². The van der Waals surface area contributed by atoms with Gasteiger partial charge < -0.3 is 19.5 Å². The summed E-state index contributed by atoms with van der Waals surface area (Å²) in [6.45, 7) is 2.64. The number of nitrogens with zero attached hydrogens (tertiary/aromatic N) is 1. The van der Waals surface area contributed by atoms with Crippen LogP contribution in [-0.4, -0.2) is 29.0 Å². The lowest BCUT2D eigenvalue weighted by molar-refractivity contribution is 0.0952. The molecule has 1 amide bonds. The van der Waals surface area contributed by atoms with E-state index in [1.807, 2.05) is 12.1 Å². The second-order valence-corrected chi connectivity index (χ2v) is 6.15. The molecule has 0 unspecified atom stereocenters. The molecule has 0 saturated carbocycles. The maximum absolute atomic E-state index is 12.4. The summed E-state index contributed by atoms with van der Waals surface area (Å²) in [7, 11) is 0. The van der Waals surface area contributed by atoms with Crippen LogP contribution in [-0.2, 0) is 0 Å². The smallest absolute Gasteiger partial charge is 0.262 e.